The van der Waals surface area contributed by atoms with Crippen LogP contribution < -0.4 is 4.74 Å². The molecular weight excluding hydrogens is 429 g/mol. The molecule has 1 aliphatic heterocycles. The van der Waals surface area contributed by atoms with Crippen molar-refractivity contribution in [2.24, 2.45) is 0 Å². The van der Waals surface area contributed by atoms with Crippen LogP contribution in [0.3, 0.4) is 0 Å². The summed E-state index contributed by atoms with van der Waals surface area (Å²) in [6.45, 7) is 1.67. The molecule has 0 spiro atoms. The van der Waals surface area contributed by atoms with Gasteiger partial charge < -0.3 is 14.5 Å². The van der Waals surface area contributed by atoms with Gasteiger partial charge in [0, 0.05) is 42.7 Å². The maximum atomic E-state index is 12.6. The van der Waals surface area contributed by atoms with E-state index in [-0.39, 0.29) is 28.5 Å². The number of hydrogen-bond donors (Lipinski definition) is 0. The fraction of sp³-hybridized carbons (Fsp3) is 0.273. The average Bonchev–Trinajstić information content (AvgIpc) is 2.77. The van der Waals surface area contributed by atoms with Crippen LogP contribution in [0.25, 0.3) is 6.08 Å². The summed E-state index contributed by atoms with van der Waals surface area (Å²) in [5.41, 5.74) is -3.13. The second-order valence-electron chi connectivity index (χ2n) is 6.80. The van der Waals surface area contributed by atoms with Crippen molar-refractivity contribution < 1.29 is 27.5 Å². The number of halogens is 3. The highest BCUT2D eigenvalue weighted by molar-refractivity contribution is 8.00. The van der Waals surface area contributed by atoms with E-state index in [0.717, 1.165) is 0 Å². The topological polar surface area (TPSA) is 49.9 Å². The Labute approximate surface area is 182 Å². The number of carbonyl (C=O) groups excluding carboxylic acids is 2. The van der Waals surface area contributed by atoms with Gasteiger partial charge in [-0.05, 0) is 59.8 Å². The molecule has 2 aromatic carbocycles. The molecule has 0 bridgehead atoms. The van der Waals surface area contributed by atoms with Gasteiger partial charge in [0.1, 0.15) is 5.75 Å². The Hall–Kier alpha value is -2.94. The van der Waals surface area contributed by atoms with E-state index in [9.17, 15) is 22.8 Å². The van der Waals surface area contributed by atoms with Gasteiger partial charge in [0.15, 0.2) is 0 Å². The van der Waals surface area contributed by atoms with Crippen LogP contribution in [0.1, 0.15) is 15.9 Å². The van der Waals surface area contributed by atoms with Gasteiger partial charge in [0.2, 0.25) is 5.91 Å². The maximum absolute atomic E-state index is 12.6. The van der Waals surface area contributed by atoms with Crippen LogP contribution in [-0.2, 0) is 4.79 Å². The first-order valence-electron chi connectivity index (χ1n) is 9.51. The van der Waals surface area contributed by atoms with E-state index in [0.29, 0.717) is 43.1 Å². The van der Waals surface area contributed by atoms with Gasteiger partial charge in [0.05, 0.1) is 7.11 Å². The lowest BCUT2D eigenvalue weighted by molar-refractivity contribution is -0.127. The smallest absolute Gasteiger partial charge is 0.446 e. The normalized spacial score (nSPS) is 14.7. The third-order valence-corrected chi connectivity index (χ3v) is 5.49. The number of alkyl halides is 3. The molecule has 1 saturated heterocycles. The Bertz CT molecular complexity index is 936. The Kier molecular flexibility index (Phi) is 7.27. The van der Waals surface area contributed by atoms with Gasteiger partial charge in [-0.1, -0.05) is 12.1 Å². The van der Waals surface area contributed by atoms with Gasteiger partial charge in [-0.15, -0.1) is 0 Å². The van der Waals surface area contributed by atoms with E-state index in [2.05, 4.69) is 0 Å². The number of rotatable bonds is 5. The minimum atomic E-state index is -4.33. The lowest BCUT2D eigenvalue weighted by Crippen LogP contribution is -2.50. The molecular formula is C22H21F3N2O3S. The molecule has 2 amide bonds. The van der Waals surface area contributed by atoms with Crippen LogP contribution >= 0.6 is 11.8 Å². The van der Waals surface area contributed by atoms with Crippen LogP contribution in [0.4, 0.5) is 13.2 Å². The van der Waals surface area contributed by atoms with Gasteiger partial charge in [-0.25, -0.2) is 0 Å². The molecule has 0 atom stereocenters. The van der Waals surface area contributed by atoms with E-state index in [1.165, 1.54) is 30.3 Å². The molecule has 5 nitrogen and oxygen atoms in total. The van der Waals surface area contributed by atoms with Crippen molar-refractivity contribution in [2.75, 3.05) is 33.3 Å². The molecule has 9 heteroatoms. The summed E-state index contributed by atoms with van der Waals surface area (Å²) >= 11 is -0.179. The molecule has 0 aliphatic carbocycles. The SMILES string of the molecule is COc1ccc(C(=O)N2CCN(C(=O)/C=C/c3ccc(SC(F)(F)F)cc3)CC2)cc1. The number of benzene rings is 2. The molecule has 0 unspecified atom stereocenters. The predicted molar refractivity (Wildman–Crippen MR) is 113 cm³/mol. The summed E-state index contributed by atoms with van der Waals surface area (Å²) in [6, 6.07) is 12.7. The first kappa shape index (κ1) is 22.7. The number of piperazine rings is 1. The molecule has 0 N–H and O–H groups in total. The van der Waals surface area contributed by atoms with E-state index >= 15 is 0 Å². The van der Waals surface area contributed by atoms with E-state index in [4.69, 9.17) is 4.74 Å². The summed E-state index contributed by atoms with van der Waals surface area (Å²) in [5.74, 6) is 0.375. The summed E-state index contributed by atoms with van der Waals surface area (Å²) in [5, 5.41) is 0. The quantitative estimate of drug-likeness (QED) is 0.503. The predicted octanol–water partition coefficient (Wildman–Crippen LogP) is 4.30. The Morgan fingerprint density at radius 1 is 0.935 bits per heavy atom. The molecule has 164 valence electrons. The summed E-state index contributed by atoms with van der Waals surface area (Å²) < 4.78 is 42.2. The average molecular weight is 450 g/mol. The van der Waals surface area contributed by atoms with Crippen LogP contribution in [0, 0.1) is 0 Å². The van der Waals surface area contributed by atoms with Crippen molar-refractivity contribution in [1.29, 1.82) is 0 Å². The van der Waals surface area contributed by atoms with Crippen molar-refractivity contribution in [3.05, 3.63) is 65.7 Å². The van der Waals surface area contributed by atoms with E-state index in [1.807, 2.05) is 0 Å². The number of amides is 2. The van der Waals surface area contributed by atoms with Crippen molar-refractivity contribution >= 4 is 29.7 Å². The fourth-order valence-corrected chi connectivity index (χ4v) is 3.64. The zero-order valence-corrected chi connectivity index (χ0v) is 17.6. The standard InChI is InChI=1S/C22H21F3N2O3S/c1-30-18-7-5-17(6-8-18)21(29)27-14-12-26(13-15-27)20(28)11-4-16-2-9-19(10-3-16)31-22(23,24)25/h2-11H,12-15H2,1H3/b11-4+. The Morgan fingerprint density at radius 2 is 1.52 bits per heavy atom. The lowest BCUT2D eigenvalue weighted by Gasteiger charge is -2.34. The lowest BCUT2D eigenvalue weighted by atomic mass is 10.1. The molecule has 1 aliphatic rings. The first-order chi connectivity index (χ1) is 14.7. The number of carbonyl (C=O) groups is 2. The number of hydrogen-bond acceptors (Lipinski definition) is 4. The first-order valence-corrected chi connectivity index (χ1v) is 10.3. The van der Waals surface area contributed by atoms with Gasteiger partial charge in [-0.3, -0.25) is 9.59 Å². The van der Waals surface area contributed by atoms with Crippen LogP contribution in [0.5, 0.6) is 5.75 Å². The van der Waals surface area contributed by atoms with Crippen LogP contribution in [-0.4, -0.2) is 60.4 Å². The van der Waals surface area contributed by atoms with Gasteiger partial charge >= 0.3 is 5.51 Å². The number of ether oxygens (including phenoxy) is 1. The molecule has 3 rings (SSSR count). The van der Waals surface area contributed by atoms with Crippen molar-refractivity contribution in [3.8, 4) is 5.75 Å². The Morgan fingerprint density at radius 3 is 2.06 bits per heavy atom. The Balaban J connectivity index is 1.51. The van der Waals surface area contributed by atoms with Gasteiger partial charge in [0.25, 0.3) is 5.91 Å². The van der Waals surface area contributed by atoms with Crippen LogP contribution in [0.15, 0.2) is 59.5 Å². The second kappa shape index (κ2) is 9.91. The molecule has 0 saturated carbocycles. The van der Waals surface area contributed by atoms with Gasteiger partial charge in [-0.2, -0.15) is 13.2 Å². The minimum Gasteiger partial charge on any atom is -0.497 e. The van der Waals surface area contributed by atoms with E-state index < -0.39 is 5.51 Å². The van der Waals surface area contributed by atoms with E-state index in [1.54, 1.807) is 47.3 Å². The molecule has 1 fully saturated rings. The molecule has 0 radical (unpaired) electrons. The molecule has 0 aromatic heterocycles. The maximum Gasteiger partial charge on any atom is 0.446 e. The second-order valence-corrected chi connectivity index (χ2v) is 7.93. The van der Waals surface area contributed by atoms with Crippen molar-refractivity contribution in [3.63, 3.8) is 0 Å². The number of nitrogens with zero attached hydrogens (tertiary/aromatic N) is 2. The van der Waals surface area contributed by atoms with Crippen molar-refractivity contribution in [1.82, 2.24) is 9.80 Å². The summed E-state index contributed by atoms with van der Waals surface area (Å²) in [4.78, 5) is 28.4. The number of thioether (sulfide) groups is 1. The highest BCUT2D eigenvalue weighted by Gasteiger charge is 2.29. The molecule has 31 heavy (non-hydrogen) atoms. The summed E-state index contributed by atoms with van der Waals surface area (Å²) in [7, 11) is 1.56. The zero-order valence-electron chi connectivity index (χ0n) is 16.8. The monoisotopic (exact) mass is 450 g/mol. The number of methoxy groups -OCH3 is 1. The van der Waals surface area contributed by atoms with Crippen molar-refractivity contribution in [2.45, 2.75) is 10.4 Å². The summed E-state index contributed by atoms with van der Waals surface area (Å²) in [6.07, 6.45) is 2.96. The highest BCUT2D eigenvalue weighted by atomic mass is 32.2. The van der Waals surface area contributed by atoms with Crippen LogP contribution in [0.2, 0.25) is 0 Å². The highest BCUT2D eigenvalue weighted by Crippen LogP contribution is 2.36. The largest absolute Gasteiger partial charge is 0.497 e. The minimum absolute atomic E-state index is 0.0913. The molecule has 1 heterocycles. The third-order valence-electron chi connectivity index (χ3n) is 4.75. The zero-order chi connectivity index (χ0) is 22.4. The fourth-order valence-electron chi connectivity index (χ4n) is 3.10. The third kappa shape index (κ3) is 6.52. The molecule has 2 aromatic rings.